The third-order valence-corrected chi connectivity index (χ3v) is 5.41. The van der Waals surface area contributed by atoms with Crippen LogP contribution in [0.1, 0.15) is 17.4 Å². The molecule has 1 amide bonds. The van der Waals surface area contributed by atoms with Crippen molar-refractivity contribution in [3.05, 3.63) is 62.3 Å². The Kier molecular flexibility index (Phi) is 5.25. The van der Waals surface area contributed by atoms with E-state index >= 15 is 0 Å². The molecule has 2 heterocycles. The highest BCUT2D eigenvalue weighted by atomic mass is 32.2. The van der Waals surface area contributed by atoms with Crippen molar-refractivity contribution in [3.63, 3.8) is 0 Å². The zero-order valence-electron chi connectivity index (χ0n) is 13.3. The Morgan fingerprint density at radius 2 is 2.20 bits per heavy atom. The summed E-state index contributed by atoms with van der Waals surface area (Å²) in [7, 11) is 0. The molecule has 0 bridgehead atoms. The van der Waals surface area contributed by atoms with Crippen LogP contribution in [0.25, 0.3) is 0 Å². The van der Waals surface area contributed by atoms with Crippen molar-refractivity contribution in [2.75, 3.05) is 5.75 Å². The number of hydrogen-bond donors (Lipinski definition) is 0. The fourth-order valence-corrected chi connectivity index (χ4v) is 3.73. The molecule has 0 atom stereocenters. The zero-order chi connectivity index (χ0) is 17.8. The maximum Gasteiger partial charge on any atom is 0.269 e. The van der Waals surface area contributed by atoms with Crippen LogP contribution in [0.15, 0.2) is 52.0 Å². The molecule has 128 valence electrons. The Balaban J connectivity index is 1.80. The van der Waals surface area contributed by atoms with Crippen LogP contribution in [-0.4, -0.2) is 32.4 Å². The highest BCUT2D eigenvalue weighted by Crippen LogP contribution is 2.23. The van der Waals surface area contributed by atoms with Gasteiger partial charge in [0.1, 0.15) is 0 Å². The minimum atomic E-state index is -0.451. The molecule has 1 fully saturated rings. The van der Waals surface area contributed by atoms with Gasteiger partial charge in [0.05, 0.1) is 27.8 Å². The van der Waals surface area contributed by atoms with Gasteiger partial charge in [-0.25, -0.2) is 0 Å². The molecule has 7 nitrogen and oxygen atoms in total. The lowest BCUT2D eigenvalue weighted by atomic mass is 10.2. The van der Waals surface area contributed by atoms with Crippen LogP contribution < -0.4 is 0 Å². The first-order valence-corrected chi connectivity index (χ1v) is 9.24. The number of nitrogens with zero attached hydrogens (tertiary/aromatic N) is 4. The summed E-state index contributed by atoms with van der Waals surface area (Å²) in [6.45, 7) is 2.10. The summed E-state index contributed by atoms with van der Waals surface area (Å²) in [6, 6.07) is 10.1. The number of carbonyl (C=O) groups excluding carboxylic acids is 1. The second-order valence-corrected chi connectivity index (χ2v) is 7.13. The van der Waals surface area contributed by atoms with Crippen molar-refractivity contribution in [1.29, 1.82) is 0 Å². The maximum absolute atomic E-state index is 12.1. The molecule has 0 radical (unpaired) electrons. The molecule has 0 saturated carbocycles. The maximum atomic E-state index is 12.1. The minimum Gasteiger partial charge on any atom is -0.285 e. The first-order valence-electron chi connectivity index (χ1n) is 7.37. The van der Waals surface area contributed by atoms with Crippen LogP contribution in [0, 0.1) is 10.1 Å². The van der Waals surface area contributed by atoms with Crippen LogP contribution in [0.4, 0.5) is 5.69 Å². The van der Waals surface area contributed by atoms with E-state index in [4.69, 9.17) is 0 Å². The zero-order valence-corrected chi connectivity index (χ0v) is 14.9. The van der Waals surface area contributed by atoms with E-state index in [1.165, 1.54) is 28.8 Å². The lowest BCUT2D eigenvalue weighted by Crippen LogP contribution is -2.28. The topological polar surface area (TPSA) is 88.2 Å². The van der Waals surface area contributed by atoms with E-state index in [1.54, 1.807) is 23.5 Å². The molecule has 1 aliphatic rings. The van der Waals surface area contributed by atoms with Gasteiger partial charge in [0.2, 0.25) is 5.91 Å². The fourth-order valence-electron chi connectivity index (χ4n) is 2.23. The number of nitro benzene ring substituents is 1. The molecule has 9 heteroatoms. The van der Waals surface area contributed by atoms with Crippen LogP contribution in [0.3, 0.4) is 0 Å². The number of nitro groups is 1. The van der Waals surface area contributed by atoms with Crippen molar-refractivity contribution < 1.29 is 9.72 Å². The Hall–Kier alpha value is -2.52. The van der Waals surface area contributed by atoms with Crippen LogP contribution >= 0.6 is 23.1 Å². The first-order chi connectivity index (χ1) is 12.0. The van der Waals surface area contributed by atoms with Crippen molar-refractivity contribution in [3.8, 4) is 0 Å². The van der Waals surface area contributed by atoms with E-state index in [0.717, 1.165) is 10.6 Å². The van der Waals surface area contributed by atoms with E-state index < -0.39 is 4.92 Å². The van der Waals surface area contributed by atoms with Crippen molar-refractivity contribution in [2.45, 2.75) is 13.5 Å². The lowest BCUT2D eigenvalue weighted by molar-refractivity contribution is -0.384. The smallest absolute Gasteiger partial charge is 0.269 e. The number of carbonyl (C=O) groups is 1. The summed E-state index contributed by atoms with van der Waals surface area (Å²) >= 11 is 2.89. The summed E-state index contributed by atoms with van der Waals surface area (Å²) in [5.74, 6) is 0.209. The number of amides is 1. The number of rotatable bonds is 5. The molecule has 25 heavy (non-hydrogen) atoms. The summed E-state index contributed by atoms with van der Waals surface area (Å²) < 4.78 is 0. The number of benzene rings is 1. The second-order valence-electron chi connectivity index (χ2n) is 5.24. The normalized spacial score (nSPS) is 16.7. The Morgan fingerprint density at radius 1 is 1.36 bits per heavy atom. The third-order valence-electron chi connectivity index (χ3n) is 3.48. The van der Waals surface area contributed by atoms with Gasteiger partial charge in [-0.15, -0.1) is 16.4 Å². The Bertz CT molecular complexity index is 862. The van der Waals surface area contributed by atoms with E-state index in [2.05, 4.69) is 10.2 Å². The standard InChI is InChI=1S/C16H14N4O3S2/c1-11(14-6-3-7-24-14)17-18-16-19(15(21)10-25-16)9-12-4-2-5-13(8-12)20(22)23/h2-8H,9-10H2,1H3/b17-11+,18-16-. The van der Waals surface area contributed by atoms with Crippen LogP contribution in [0.5, 0.6) is 0 Å². The third kappa shape index (κ3) is 4.12. The molecule has 1 aromatic carbocycles. The average Bonchev–Trinajstić information content (AvgIpc) is 3.25. The van der Waals surface area contributed by atoms with Gasteiger partial charge >= 0.3 is 0 Å². The largest absolute Gasteiger partial charge is 0.285 e. The predicted octanol–water partition coefficient (Wildman–Crippen LogP) is 3.51. The number of amidine groups is 1. The SMILES string of the molecule is C/C(=N\N=C1/SCC(=O)N1Cc1cccc([N+](=O)[O-])c1)c1cccs1. The number of non-ortho nitro benzene ring substituents is 1. The summed E-state index contributed by atoms with van der Waals surface area (Å²) in [6.07, 6.45) is 0. The number of thiophene rings is 1. The highest BCUT2D eigenvalue weighted by molar-refractivity contribution is 8.15. The first kappa shape index (κ1) is 17.3. The van der Waals surface area contributed by atoms with E-state index in [0.29, 0.717) is 16.5 Å². The van der Waals surface area contributed by atoms with Gasteiger partial charge in [-0.3, -0.25) is 19.8 Å². The molecule has 1 saturated heterocycles. The number of hydrogen-bond acceptors (Lipinski definition) is 7. The van der Waals surface area contributed by atoms with Gasteiger partial charge in [-0.05, 0) is 23.9 Å². The molecule has 0 unspecified atom stereocenters. The highest BCUT2D eigenvalue weighted by Gasteiger charge is 2.28. The summed E-state index contributed by atoms with van der Waals surface area (Å²) in [4.78, 5) is 25.1. The van der Waals surface area contributed by atoms with Gasteiger partial charge in [-0.1, -0.05) is 30.0 Å². The summed E-state index contributed by atoms with van der Waals surface area (Å²) in [5, 5.41) is 21.8. The van der Waals surface area contributed by atoms with E-state index in [1.807, 2.05) is 24.4 Å². The Morgan fingerprint density at radius 3 is 2.92 bits per heavy atom. The van der Waals surface area contributed by atoms with Crippen molar-refractivity contribution in [1.82, 2.24) is 4.90 Å². The molecule has 0 aliphatic carbocycles. The van der Waals surface area contributed by atoms with Gasteiger partial charge in [-0.2, -0.15) is 5.10 Å². The van der Waals surface area contributed by atoms with E-state index in [9.17, 15) is 14.9 Å². The lowest BCUT2D eigenvalue weighted by Gasteiger charge is -2.15. The molecule has 3 rings (SSSR count). The number of thioether (sulfide) groups is 1. The molecule has 1 aliphatic heterocycles. The second kappa shape index (κ2) is 7.58. The fraction of sp³-hybridized carbons (Fsp3) is 0.188. The van der Waals surface area contributed by atoms with Crippen LogP contribution in [-0.2, 0) is 11.3 Å². The summed E-state index contributed by atoms with van der Waals surface area (Å²) in [5.41, 5.74) is 1.45. The predicted molar refractivity (Wildman–Crippen MR) is 100 cm³/mol. The van der Waals surface area contributed by atoms with Crippen molar-refractivity contribution >= 4 is 45.6 Å². The Labute approximate surface area is 152 Å². The molecule has 2 aromatic rings. The van der Waals surface area contributed by atoms with E-state index in [-0.39, 0.29) is 18.1 Å². The average molecular weight is 374 g/mol. The van der Waals surface area contributed by atoms with Gasteiger partial charge in [0.15, 0.2) is 5.17 Å². The molecule has 0 spiro atoms. The van der Waals surface area contributed by atoms with Gasteiger partial charge in [0.25, 0.3) is 5.69 Å². The molecule has 0 N–H and O–H groups in total. The monoisotopic (exact) mass is 374 g/mol. The van der Waals surface area contributed by atoms with Crippen LogP contribution in [0.2, 0.25) is 0 Å². The minimum absolute atomic E-state index is 0.00171. The molecular formula is C16H14N4O3S2. The quantitative estimate of drug-likeness (QED) is 0.455. The molecule has 1 aromatic heterocycles. The van der Waals surface area contributed by atoms with Crippen molar-refractivity contribution in [2.24, 2.45) is 10.2 Å². The van der Waals surface area contributed by atoms with Gasteiger partial charge < -0.3 is 0 Å². The molecular weight excluding hydrogens is 360 g/mol. The van der Waals surface area contributed by atoms with Gasteiger partial charge in [0, 0.05) is 12.1 Å².